The van der Waals surface area contributed by atoms with Crippen molar-refractivity contribution >= 4 is 28.4 Å². The molecule has 2 aromatic carbocycles. The number of benzene rings is 2. The number of imidazole rings is 1. The summed E-state index contributed by atoms with van der Waals surface area (Å²) in [4.78, 5) is 16.8. The summed E-state index contributed by atoms with van der Waals surface area (Å²) in [6.07, 6.45) is 3.51. The summed E-state index contributed by atoms with van der Waals surface area (Å²) in [5.74, 6) is 1.23. The number of hydrogen-bond acceptors (Lipinski definition) is 2. The zero-order valence-corrected chi connectivity index (χ0v) is 13.5. The van der Waals surface area contributed by atoms with Crippen molar-refractivity contribution in [2.75, 3.05) is 0 Å². The standard InChI is InChI=1S/C19H17ClN2O/c20-15-10-9-14-16(23)11-12-22-17(21-18(15)19(14)22)8-4-7-13-5-2-1-3-6-13/h1-3,5-6,9-10H,4,7-8,11-12H2. The number of hydrogen-bond donors (Lipinski definition) is 0. The van der Waals surface area contributed by atoms with Crippen molar-refractivity contribution in [1.82, 2.24) is 9.55 Å². The summed E-state index contributed by atoms with van der Waals surface area (Å²) >= 11 is 6.29. The van der Waals surface area contributed by atoms with E-state index in [0.717, 1.165) is 41.7 Å². The average molecular weight is 325 g/mol. The fraction of sp³-hybridized carbons (Fsp3) is 0.263. The van der Waals surface area contributed by atoms with E-state index in [4.69, 9.17) is 16.6 Å². The molecule has 1 aromatic heterocycles. The smallest absolute Gasteiger partial charge is 0.166 e. The van der Waals surface area contributed by atoms with Crippen LogP contribution in [0, 0.1) is 0 Å². The van der Waals surface area contributed by atoms with E-state index < -0.39 is 0 Å². The molecule has 3 aromatic rings. The third-order valence-corrected chi connectivity index (χ3v) is 4.80. The number of rotatable bonds is 4. The molecule has 3 nitrogen and oxygen atoms in total. The predicted molar refractivity (Wildman–Crippen MR) is 92.2 cm³/mol. The first kappa shape index (κ1) is 14.5. The van der Waals surface area contributed by atoms with Crippen molar-refractivity contribution in [3.05, 3.63) is 64.4 Å². The van der Waals surface area contributed by atoms with Crippen LogP contribution in [0.15, 0.2) is 42.5 Å². The molecule has 1 aliphatic heterocycles. The van der Waals surface area contributed by atoms with Crippen LogP contribution in [-0.4, -0.2) is 15.3 Å². The average Bonchev–Trinajstić information content (AvgIpc) is 2.94. The number of aromatic nitrogens is 2. The fourth-order valence-electron chi connectivity index (χ4n) is 3.35. The fourth-order valence-corrected chi connectivity index (χ4v) is 3.55. The van der Waals surface area contributed by atoms with E-state index in [1.807, 2.05) is 12.1 Å². The second-order valence-electron chi connectivity index (χ2n) is 5.98. The van der Waals surface area contributed by atoms with Gasteiger partial charge in [0, 0.05) is 24.9 Å². The van der Waals surface area contributed by atoms with E-state index >= 15 is 0 Å². The highest BCUT2D eigenvalue weighted by Crippen LogP contribution is 2.31. The Kier molecular flexibility index (Phi) is 3.66. The van der Waals surface area contributed by atoms with Gasteiger partial charge in [0.05, 0.1) is 10.5 Å². The highest BCUT2D eigenvalue weighted by atomic mass is 35.5. The third kappa shape index (κ3) is 2.55. The first-order valence-corrected chi connectivity index (χ1v) is 8.36. The van der Waals surface area contributed by atoms with E-state index in [1.165, 1.54) is 5.56 Å². The molecular weight excluding hydrogens is 308 g/mol. The van der Waals surface area contributed by atoms with E-state index in [2.05, 4.69) is 28.8 Å². The topological polar surface area (TPSA) is 34.9 Å². The van der Waals surface area contributed by atoms with Gasteiger partial charge in [-0.3, -0.25) is 4.79 Å². The van der Waals surface area contributed by atoms with Crippen molar-refractivity contribution in [3.8, 4) is 0 Å². The quantitative estimate of drug-likeness (QED) is 0.710. The molecular formula is C19H17ClN2O. The lowest BCUT2D eigenvalue weighted by Gasteiger charge is -2.16. The zero-order valence-electron chi connectivity index (χ0n) is 12.8. The molecule has 0 saturated heterocycles. The first-order chi connectivity index (χ1) is 11.2. The van der Waals surface area contributed by atoms with Crippen LogP contribution < -0.4 is 0 Å². The Labute approximate surface area is 139 Å². The van der Waals surface area contributed by atoms with Gasteiger partial charge in [0.25, 0.3) is 0 Å². The van der Waals surface area contributed by atoms with Gasteiger partial charge in [-0.15, -0.1) is 0 Å². The van der Waals surface area contributed by atoms with Gasteiger partial charge in [-0.05, 0) is 30.5 Å². The zero-order chi connectivity index (χ0) is 15.8. The molecule has 0 radical (unpaired) electrons. The number of carbonyl (C=O) groups excluding carboxylic acids is 1. The lowest BCUT2D eigenvalue weighted by Crippen LogP contribution is -2.16. The lowest BCUT2D eigenvalue weighted by molar-refractivity contribution is 0.0973. The summed E-state index contributed by atoms with van der Waals surface area (Å²) in [6.45, 7) is 0.712. The molecule has 1 aliphatic rings. The van der Waals surface area contributed by atoms with Crippen LogP contribution in [0.3, 0.4) is 0 Å². The van der Waals surface area contributed by atoms with Crippen LogP contribution in [0.4, 0.5) is 0 Å². The van der Waals surface area contributed by atoms with E-state index in [1.54, 1.807) is 6.07 Å². The van der Waals surface area contributed by atoms with Gasteiger partial charge in [0.15, 0.2) is 5.78 Å². The molecule has 4 rings (SSSR count). The maximum atomic E-state index is 12.1. The van der Waals surface area contributed by atoms with E-state index in [-0.39, 0.29) is 5.78 Å². The summed E-state index contributed by atoms with van der Waals surface area (Å²) in [7, 11) is 0. The van der Waals surface area contributed by atoms with Gasteiger partial charge in [0.2, 0.25) is 0 Å². The third-order valence-electron chi connectivity index (χ3n) is 4.50. The Morgan fingerprint density at radius 2 is 1.91 bits per heavy atom. The number of aryl methyl sites for hydroxylation is 3. The molecule has 23 heavy (non-hydrogen) atoms. The summed E-state index contributed by atoms with van der Waals surface area (Å²) in [5.41, 5.74) is 3.80. The summed E-state index contributed by atoms with van der Waals surface area (Å²) in [5, 5.41) is 0.626. The van der Waals surface area contributed by atoms with Crippen LogP contribution in [0.5, 0.6) is 0 Å². The molecule has 0 unspecified atom stereocenters. The van der Waals surface area contributed by atoms with Crippen LogP contribution in [0.25, 0.3) is 11.0 Å². The van der Waals surface area contributed by atoms with Gasteiger partial charge >= 0.3 is 0 Å². The van der Waals surface area contributed by atoms with E-state index in [9.17, 15) is 4.79 Å². The minimum atomic E-state index is 0.190. The normalized spacial score (nSPS) is 13.7. The van der Waals surface area contributed by atoms with Crippen LogP contribution in [0.2, 0.25) is 5.02 Å². The molecule has 0 aliphatic carbocycles. The number of ketones is 1. The van der Waals surface area contributed by atoms with Crippen molar-refractivity contribution in [1.29, 1.82) is 0 Å². The molecule has 0 N–H and O–H groups in total. The van der Waals surface area contributed by atoms with Gasteiger partial charge in [0.1, 0.15) is 11.3 Å². The molecule has 2 heterocycles. The molecule has 116 valence electrons. The van der Waals surface area contributed by atoms with E-state index in [0.29, 0.717) is 18.0 Å². The SMILES string of the molecule is O=C1CCn2c(CCCc3ccccc3)nc3c(Cl)ccc1c32. The molecule has 0 fully saturated rings. The highest BCUT2D eigenvalue weighted by Gasteiger charge is 2.24. The molecule has 4 heteroatoms. The second kappa shape index (κ2) is 5.82. The number of carbonyl (C=O) groups is 1. The van der Waals surface area contributed by atoms with Crippen molar-refractivity contribution in [2.24, 2.45) is 0 Å². The van der Waals surface area contributed by atoms with Gasteiger partial charge < -0.3 is 4.57 Å². The number of halogens is 1. The Bertz CT molecular complexity index is 883. The van der Waals surface area contributed by atoms with Crippen LogP contribution in [-0.2, 0) is 19.4 Å². The van der Waals surface area contributed by atoms with Crippen molar-refractivity contribution in [3.63, 3.8) is 0 Å². The maximum Gasteiger partial charge on any atom is 0.166 e. The summed E-state index contributed by atoms with van der Waals surface area (Å²) in [6, 6.07) is 14.1. The highest BCUT2D eigenvalue weighted by molar-refractivity contribution is 6.35. The minimum absolute atomic E-state index is 0.190. The molecule has 0 saturated carbocycles. The van der Waals surface area contributed by atoms with Gasteiger partial charge in [-0.1, -0.05) is 41.9 Å². The maximum absolute atomic E-state index is 12.1. The van der Waals surface area contributed by atoms with Crippen molar-refractivity contribution < 1.29 is 4.79 Å². The van der Waals surface area contributed by atoms with Crippen LogP contribution >= 0.6 is 11.6 Å². The first-order valence-electron chi connectivity index (χ1n) is 7.99. The summed E-state index contributed by atoms with van der Waals surface area (Å²) < 4.78 is 2.18. The van der Waals surface area contributed by atoms with Crippen molar-refractivity contribution in [2.45, 2.75) is 32.2 Å². The largest absolute Gasteiger partial charge is 0.327 e. The van der Waals surface area contributed by atoms with Gasteiger partial charge in [-0.2, -0.15) is 0 Å². The Balaban J connectivity index is 1.64. The number of nitrogens with zero attached hydrogens (tertiary/aromatic N) is 2. The molecule has 0 spiro atoms. The monoisotopic (exact) mass is 324 g/mol. The molecule has 0 amide bonds. The molecule has 0 atom stereocenters. The second-order valence-corrected chi connectivity index (χ2v) is 6.39. The van der Waals surface area contributed by atoms with Crippen LogP contribution in [0.1, 0.15) is 34.6 Å². The number of Topliss-reactive ketones (excluding diaryl/α,β-unsaturated/α-hetero) is 1. The van der Waals surface area contributed by atoms with Gasteiger partial charge in [-0.25, -0.2) is 4.98 Å². The predicted octanol–water partition coefficient (Wildman–Crippen LogP) is 4.45. The Hall–Kier alpha value is -2.13. The minimum Gasteiger partial charge on any atom is -0.327 e. The Morgan fingerprint density at radius 1 is 1.09 bits per heavy atom. The lowest BCUT2D eigenvalue weighted by atomic mass is 10.0. The Morgan fingerprint density at radius 3 is 2.74 bits per heavy atom. The molecule has 0 bridgehead atoms.